The van der Waals surface area contributed by atoms with Gasteiger partial charge in [-0.25, -0.2) is 4.98 Å². The van der Waals surface area contributed by atoms with Crippen molar-refractivity contribution in [2.75, 3.05) is 13.1 Å². The van der Waals surface area contributed by atoms with Crippen LogP contribution < -0.4 is 5.32 Å². The van der Waals surface area contributed by atoms with Crippen LogP contribution in [0.5, 0.6) is 0 Å². The summed E-state index contributed by atoms with van der Waals surface area (Å²) in [5.41, 5.74) is 2.00. The number of hydrogen-bond donors (Lipinski definition) is 1. The Morgan fingerprint density at radius 1 is 1.53 bits per heavy atom. The van der Waals surface area contributed by atoms with E-state index < -0.39 is 0 Å². The Morgan fingerprint density at radius 2 is 2.40 bits per heavy atom. The maximum Gasteiger partial charge on any atom is 0.155 e. The summed E-state index contributed by atoms with van der Waals surface area (Å²) in [7, 11) is 0. The van der Waals surface area contributed by atoms with E-state index in [9.17, 15) is 0 Å². The average Bonchev–Trinajstić information content (AvgIpc) is 2.56. The smallest absolute Gasteiger partial charge is 0.155 e. The van der Waals surface area contributed by atoms with Crippen LogP contribution in [0.25, 0.3) is 5.65 Å². The zero-order chi connectivity index (χ0) is 10.3. The molecule has 3 rings (SSSR count). The van der Waals surface area contributed by atoms with Crippen LogP contribution in [0.3, 0.4) is 0 Å². The minimum Gasteiger partial charge on any atom is -0.316 e. The first-order valence-corrected chi connectivity index (χ1v) is 5.53. The van der Waals surface area contributed by atoms with Crippen LogP contribution in [-0.2, 0) is 6.42 Å². The van der Waals surface area contributed by atoms with Gasteiger partial charge in [-0.3, -0.25) is 0 Å². The Hall–Kier alpha value is -1.06. The van der Waals surface area contributed by atoms with E-state index in [1.54, 1.807) is 0 Å². The summed E-state index contributed by atoms with van der Waals surface area (Å²) >= 11 is 6.06. The molecule has 1 aliphatic heterocycles. The number of aromatic nitrogens is 2. The molecular weight excluding hydrogens is 210 g/mol. The molecular formula is C11H12ClN3. The minimum absolute atomic E-state index is 0.718. The molecule has 0 bridgehead atoms. The van der Waals surface area contributed by atoms with E-state index in [1.165, 1.54) is 0 Å². The molecule has 0 unspecified atom stereocenters. The lowest BCUT2D eigenvalue weighted by molar-refractivity contribution is 0.344. The summed E-state index contributed by atoms with van der Waals surface area (Å²) < 4.78 is 1.99. The Labute approximate surface area is 93.1 Å². The molecule has 15 heavy (non-hydrogen) atoms. The molecule has 0 spiro atoms. The van der Waals surface area contributed by atoms with E-state index in [0.29, 0.717) is 0 Å². The van der Waals surface area contributed by atoms with Crippen molar-refractivity contribution in [3.05, 3.63) is 35.2 Å². The van der Waals surface area contributed by atoms with Gasteiger partial charge in [-0.05, 0) is 37.6 Å². The SMILES string of the molecule is Clc1cccn2cc(CC3CNC3)nc12. The third kappa shape index (κ3) is 1.62. The van der Waals surface area contributed by atoms with Gasteiger partial charge in [0.05, 0.1) is 10.7 Å². The molecule has 1 aliphatic rings. The average molecular weight is 222 g/mol. The van der Waals surface area contributed by atoms with Crippen molar-refractivity contribution >= 4 is 17.2 Å². The molecule has 1 N–H and O–H groups in total. The highest BCUT2D eigenvalue weighted by molar-refractivity contribution is 6.33. The van der Waals surface area contributed by atoms with E-state index in [2.05, 4.69) is 16.5 Å². The van der Waals surface area contributed by atoms with Crippen molar-refractivity contribution in [3.63, 3.8) is 0 Å². The number of halogens is 1. The Morgan fingerprint density at radius 3 is 3.07 bits per heavy atom. The van der Waals surface area contributed by atoms with Gasteiger partial charge in [0.25, 0.3) is 0 Å². The van der Waals surface area contributed by atoms with Gasteiger partial charge in [0.1, 0.15) is 0 Å². The fraction of sp³-hybridized carbons (Fsp3) is 0.364. The normalized spacial score (nSPS) is 16.9. The van der Waals surface area contributed by atoms with Gasteiger partial charge in [-0.2, -0.15) is 0 Å². The van der Waals surface area contributed by atoms with Crippen LogP contribution in [0.2, 0.25) is 5.02 Å². The molecule has 0 saturated carbocycles. The van der Waals surface area contributed by atoms with Gasteiger partial charge in [-0.1, -0.05) is 11.6 Å². The van der Waals surface area contributed by atoms with Gasteiger partial charge >= 0.3 is 0 Å². The number of nitrogens with zero attached hydrogens (tertiary/aromatic N) is 2. The van der Waals surface area contributed by atoms with Gasteiger partial charge in [0.15, 0.2) is 5.65 Å². The first kappa shape index (κ1) is 9.19. The second-order valence-corrected chi connectivity index (χ2v) is 4.45. The third-order valence-corrected chi connectivity index (χ3v) is 3.14. The molecule has 0 atom stereocenters. The minimum atomic E-state index is 0.718. The molecule has 1 saturated heterocycles. The zero-order valence-corrected chi connectivity index (χ0v) is 9.04. The molecule has 0 radical (unpaired) electrons. The lowest BCUT2D eigenvalue weighted by Crippen LogP contribution is -2.43. The molecule has 0 amide bonds. The zero-order valence-electron chi connectivity index (χ0n) is 8.28. The number of nitrogens with one attached hydrogen (secondary N) is 1. The van der Waals surface area contributed by atoms with Crippen LogP contribution in [0.1, 0.15) is 5.69 Å². The number of rotatable bonds is 2. The first-order valence-electron chi connectivity index (χ1n) is 5.16. The highest BCUT2D eigenvalue weighted by atomic mass is 35.5. The van der Waals surface area contributed by atoms with Gasteiger partial charge < -0.3 is 9.72 Å². The summed E-state index contributed by atoms with van der Waals surface area (Å²) in [6.07, 6.45) is 5.10. The van der Waals surface area contributed by atoms with Crippen molar-refractivity contribution < 1.29 is 0 Å². The van der Waals surface area contributed by atoms with Crippen molar-refractivity contribution in [1.82, 2.24) is 14.7 Å². The van der Waals surface area contributed by atoms with Crippen molar-refractivity contribution in [2.24, 2.45) is 5.92 Å². The molecule has 0 aromatic carbocycles. The Kier molecular flexibility index (Phi) is 2.15. The van der Waals surface area contributed by atoms with Crippen LogP contribution in [0, 0.1) is 5.92 Å². The van der Waals surface area contributed by atoms with E-state index in [-0.39, 0.29) is 0 Å². The number of pyridine rings is 1. The van der Waals surface area contributed by atoms with Crippen LogP contribution >= 0.6 is 11.6 Å². The molecule has 2 aromatic rings. The number of hydrogen-bond acceptors (Lipinski definition) is 2. The molecule has 3 heterocycles. The second-order valence-electron chi connectivity index (χ2n) is 4.05. The van der Waals surface area contributed by atoms with Gasteiger partial charge in [0, 0.05) is 12.4 Å². The number of fused-ring (bicyclic) bond motifs is 1. The summed E-state index contributed by atoms with van der Waals surface area (Å²) in [6, 6.07) is 3.81. The van der Waals surface area contributed by atoms with E-state index in [4.69, 9.17) is 11.6 Å². The van der Waals surface area contributed by atoms with E-state index in [1.807, 2.05) is 22.7 Å². The number of imidazole rings is 1. The standard InChI is InChI=1S/C11H12ClN3/c12-10-2-1-3-15-7-9(14-11(10)15)4-8-5-13-6-8/h1-3,7-8,13H,4-6H2. The Bertz CT molecular complexity index is 488. The summed E-state index contributed by atoms with van der Waals surface area (Å²) in [4.78, 5) is 4.54. The van der Waals surface area contributed by atoms with Gasteiger partial charge in [0.2, 0.25) is 0 Å². The fourth-order valence-electron chi connectivity index (χ4n) is 1.92. The quantitative estimate of drug-likeness (QED) is 0.837. The molecule has 0 aliphatic carbocycles. The van der Waals surface area contributed by atoms with Crippen LogP contribution in [0.15, 0.2) is 24.5 Å². The monoisotopic (exact) mass is 221 g/mol. The lowest BCUT2D eigenvalue weighted by Gasteiger charge is -2.25. The molecule has 78 valence electrons. The van der Waals surface area contributed by atoms with Crippen molar-refractivity contribution in [1.29, 1.82) is 0 Å². The molecule has 3 nitrogen and oxygen atoms in total. The van der Waals surface area contributed by atoms with Gasteiger partial charge in [-0.15, -0.1) is 0 Å². The first-order chi connectivity index (χ1) is 7.33. The van der Waals surface area contributed by atoms with E-state index in [0.717, 1.165) is 41.8 Å². The topological polar surface area (TPSA) is 29.3 Å². The predicted molar refractivity (Wildman–Crippen MR) is 60.3 cm³/mol. The fourth-order valence-corrected chi connectivity index (χ4v) is 2.13. The summed E-state index contributed by atoms with van der Waals surface area (Å²) in [5, 5.41) is 3.98. The molecule has 4 heteroatoms. The third-order valence-electron chi connectivity index (χ3n) is 2.85. The lowest BCUT2D eigenvalue weighted by atomic mass is 9.98. The van der Waals surface area contributed by atoms with Crippen LogP contribution in [0.4, 0.5) is 0 Å². The molecule has 1 fully saturated rings. The maximum absolute atomic E-state index is 6.06. The molecule has 2 aromatic heterocycles. The summed E-state index contributed by atoms with van der Waals surface area (Å²) in [6.45, 7) is 2.23. The van der Waals surface area contributed by atoms with Crippen LogP contribution in [-0.4, -0.2) is 22.5 Å². The Balaban J connectivity index is 1.95. The highest BCUT2D eigenvalue weighted by Gasteiger charge is 2.18. The highest BCUT2D eigenvalue weighted by Crippen LogP contribution is 2.18. The maximum atomic E-state index is 6.06. The van der Waals surface area contributed by atoms with Crippen molar-refractivity contribution in [3.8, 4) is 0 Å². The second kappa shape index (κ2) is 3.51. The predicted octanol–water partition coefficient (Wildman–Crippen LogP) is 1.75. The summed E-state index contributed by atoms with van der Waals surface area (Å²) in [5.74, 6) is 0.744. The largest absolute Gasteiger partial charge is 0.316 e. The van der Waals surface area contributed by atoms with Crippen molar-refractivity contribution in [2.45, 2.75) is 6.42 Å². The van der Waals surface area contributed by atoms with E-state index >= 15 is 0 Å².